The lowest BCUT2D eigenvalue weighted by Gasteiger charge is -2.38. The van der Waals surface area contributed by atoms with Gasteiger partial charge in [0.2, 0.25) is 5.91 Å². The number of likely N-dealkylation sites (tertiary alicyclic amines) is 1. The van der Waals surface area contributed by atoms with Gasteiger partial charge in [-0.25, -0.2) is 0 Å². The molecule has 0 spiro atoms. The van der Waals surface area contributed by atoms with Gasteiger partial charge < -0.3 is 24.8 Å². The number of hydrogen-bond donors (Lipinski definition) is 1. The van der Waals surface area contributed by atoms with E-state index in [2.05, 4.69) is 21.2 Å². The Labute approximate surface area is 224 Å². The maximum Gasteiger partial charge on any atom is 0.256 e. The van der Waals surface area contributed by atoms with Crippen LogP contribution in [-0.2, 0) is 4.79 Å². The quantitative estimate of drug-likeness (QED) is 0.458. The molecule has 7 nitrogen and oxygen atoms in total. The predicted octanol–water partition coefficient (Wildman–Crippen LogP) is 4.91. The summed E-state index contributed by atoms with van der Waals surface area (Å²) in [6.07, 6.45) is 5.35. The fourth-order valence-electron chi connectivity index (χ4n) is 5.15. The number of ether oxygens (including phenoxy) is 1. The van der Waals surface area contributed by atoms with Gasteiger partial charge in [-0.1, -0.05) is 42.5 Å². The maximum atomic E-state index is 13.6. The monoisotopic (exact) mass is 510 g/mol. The van der Waals surface area contributed by atoms with E-state index >= 15 is 0 Å². The summed E-state index contributed by atoms with van der Waals surface area (Å²) in [5.41, 5.74) is 4.22. The summed E-state index contributed by atoms with van der Waals surface area (Å²) in [7, 11) is 1.70. The smallest absolute Gasteiger partial charge is 0.256 e. The number of nitrogens with one attached hydrogen (secondary N) is 1. The molecule has 1 N–H and O–H groups in total. The molecular weight excluding hydrogens is 476 g/mol. The van der Waals surface area contributed by atoms with Crippen molar-refractivity contribution in [2.45, 2.75) is 12.8 Å². The summed E-state index contributed by atoms with van der Waals surface area (Å²) in [5.74, 6) is 0.666. The Kier molecular flexibility index (Phi) is 7.92. The number of carbonyl (C=O) groups excluding carboxylic acids is 2. The van der Waals surface area contributed by atoms with Crippen LogP contribution in [0.25, 0.3) is 6.08 Å². The molecule has 0 aromatic heterocycles. The molecule has 2 aliphatic heterocycles. The topological polar surface area (TPSA) is 65.1 Å². The number of carbonyl (C=O) groups is 2. The molecule has 0 unspecified atom stereocenters. The van der Waals surface area contributed by atoms with E-state index in [1.807, 2.05) is 71.6 Å². The molecule has 0 saturated carbocycles. The largest absolute Gasteiger partial charge is 0.495 e. The Hall–Kier alpha value is -4.26. The molecule has 2 fully saturated rings. The van der Waals surface area contributed by atoms with Crippen LogP contribution in [0.2, 0.25) is 0 Å². The lowest BCUT2D eigenvalue weighted by molar-refractivity contribution is -0.111. The van der Waals surface area contributed by atoms with Crippen molar-refractivity contribution in [3.05, 3.63) is 90.0 Å². The van der Waals surface area contributed by atoms with Gasteiger partial charge in [0.25, 0.3) is 5.91 Å². The van der Waals surface area contributed by atoms with E-state index in [0.717, 1.165) is 74.8 Å². The summed E-state index contributed by atoms with van der Waals surface area (Å²) in [6, 6.07) is 23.5. The van der Waals surface area contributed by atoms with Crippen molar-refractivity contribution >= 4 is 35.0 Å². The van der Waals surface area contributed by atoms with Crippen LogP contribution >= 0.6 is 0 Å². The SMILES string of the molecule is COc1ccccc1N1CCN(c2ccc(NC(=O)C=Cc3ccccc3)cc2C(=O)N2CCCC2)CC1. The molecule has 2 saturated heterocycles. The first-order valence-electron chi connectivity index (χ1n) is 13.2. The van der Waals surface area contributed by atoms with Gasteiger partial charge in [0.15, 0.2) is 0 Å². The summed E-state index contributed by atoms with van der Waals surface area (Å²) < 4.78 is 5.56. The number of anilines is 3. The van der Waals surface area contributed by atoms with Crippen molar-refractivity contribution in [2.24, 2.45) is 0 Å². The fourth-order valence-corrected chi connectivity index (χ4v) is 5.15. The van der Waals surface area contributed by atoms with Gasteiger partial charge in [0, 0.05) is 56.7 Å². The minimum Gasteiger partial charge on any atom is -0.495 e. The fraction of sp³-hybridized carbons (Fsp3) is 0.290. The molecule has 196 valence electrons. The van der Waals surface area contributed by atoms with E-state index in [0.29, 0.717) is 11.3 Å². The van der Waals surface area contributed by atoms with E-state index in [9.17, 15) is 9.59 Å². The van der Waals surface area contributed by atoms with Crippen molar-refractivity contribution in [3.63, 3.8) is 0 Å². The zero-order chi connectivity index (χ0) is 26.3. The summed E-state index contributed by atoms with van der Waals surface area (Å²) in [5, 5.41) is 2.93. The zero-order valence-corrected chi connectivity index (χ0v) is 21.8. The van der Waals surface area contributed by atoms with Crippen molar-refractivity contribution in [1.82, 2.24) is 4.90 Å². The second kappa shape index (κ2) is 11.9. The van der Waals surface area contributed by atoms with Crippen molar-refractivity contribution in [2.75, 3.05) is 61.5 Å². The average molecular weight is 511 g/mol. The highest BCUT2D eigenvalue weighted by molar-refractivity contribution is 6.05. The number of nitrogens with zero attached hydrogens (tertiary/aromatic N) is 3. The molecular formula is C31H34N4O3. The molecule has 0 aliphatic carbocycles. The second-order valence-corrected chi connectivity index (χ2v) is 9.61. The Bertz CT molecular complexity index is 1290. The molecule has 2 heterocycles. The molecule has 5 rings (SSSR count). The molecule has 0 radical (unpaired) electrons. The lowest BCUT2D eigenvalue weighted by atomic mass is 10.1. The lowest BCUT2D eigenvalue weighted by Crippen LogP contribution is -2.47. The van der Waals surface area contributed by atoms with Crippen LogP contribution in [0.15, 0.2) is 78.9 Å². The molecule has 3 aromatic rings. The Balaban J connectivity index is 1.34. The number of para-hydroxylation sites is 2. The first kappa shape index (κ1) is 25.4. The maximum absolute atomic E-state index is 13.6. The number of piperazine rings is 1. The van der Waals surface area contributed by atoms with E-state index in [-0.39, 0.29) is 11.8 Å². The van der Waals surface area contributed by atoms with Gasteiger partial charge in [-0.05, 0) is 54.8 Å². The van der Waals surface area contributed by atoms with Crippen molar-refractivity contribution in [1.29, 1.82) is 0 Å². The van der Waals surface area contributed by atoms with Crippen molar-refractivity contribution in [3.8, 4) is 5.75 Å². The predicted molar refractivity (Wildman–Crippen MR) is 153 cm³/mol. The Morgan fingerprint density at radius 3 is 2.16 bits per heavy atom. The van der Waals surface area contributed by atoms with Crippen LogP contribution in [0, 0.1) is 0 Å². The van der Waals surface area contributed by atoms with Gasteiger partial charge in [-0.2, -0.15) is 0 Å². The van der Waals surface area contributed by atoms with E-state index in [1.54, 1.807) is 13.2 Å². The highest BCUT2D eigenvalue weighted by Crippen LogP contribution is 2.32. The Morgan fingerprint density at radius 1 is 0.789 bits per heavy atom. The highest BCUT2D eigenvalue weighted by atomic mass is 16.5. The standard InChI is InChI=1S/C31H34N4O3/c1-38-29-12-6-5-11-28(29)34-21-19-33(20-22-34)27-15-14-25(23-26(27)31(37)35-17-7-8-18-35)32-30(36)16-13-24-9-3-2-4-10-24/h2-6,9-16,23H,7-8,17-22H2,1H3,(H,32,36). The van der Waals surface area contributed by atoms with Gasteiger partial charge in [0.05, 0.1) is 18.4 Å². The third-order valence-corrected chi connectivity index (χ3v) is 7.16. The second-order valence-electron chi connectivity index (χ2n) is 9.61. The Morgan fingerprint density at radius 2 is 1.45 bits per heavy atom. The molecule has 2 aliphatic rings. The number of rotatable bonds is 7. The first-order chi connectivity index (χ1) is 18.6. The third-order valence-electron chi connectivity index (χ3n) is 7.16. The highest BCUT2D eigenvalue weighted by Gasteiger charge is 2.27. The van der Waals surface area contributed by atoms with Gasteiger partial charge >= 0.3 is 0 Å². The van der Waals surface area contributed by atoms with Gasteiger partial charge in [0.1, 0.15) is 5.75 Å². The summed E-state index contributed by atoms with van der Waals surface area (Å²) in [4.78, 5) is 32.7. The summed E-state index contributed by atoms with van der Waals surface area (Å²) in [6.45, 7) is 4.75. The summed E-state index contributed by atoms with van der Waals surface area (Å²) >= 11 is 0. The average Bonchev–Trinajstić information content (AvgIpc) is 3.52. The van der Waals surface area contributed by atoms with E-state index in [1.165, 1.54) is 6.08 Å². The molecule has 2 amide bonds. The number of benzene rings is 3. The van der Waals surface area contributed by atoms with Crippen LogP contribution in [-0.4, -0.2) is 63.1 Å². The molecule has 0 bridgehead atoms. The van der Waals surface area contributed by atoms with Crippen LogP contribution in [0.4, 0.5) is 17.1 Å². The third kappa shape index (κ3) is 5.83. The number of amides is 2. The van der Waals surface area contributed by atoms with Crippen LogP contribution in [0.1, 0.15) is 28.8 Å². The van der Waals surface area contributed by atoms with Crippen LogP contribution in [0.5, 0.6) is 5.75 Å². The molecule has 7 heteroatoms. The first-order valence-corrected chi connectivity index (χ1v) is 13.2. The van der Waals surface area contributed by atoms with E-state index in [4.69, 9.17) is 4.74 Å². The molecule has 38 heavy (non-hydrogen) atoms. The van der Waals surface area contributed by atoms with Crippen LogP contribution in [0.3, 0.4) is 0 Å². The van der Waals surface area contributed by atoms with Crippen molar-refractivity contribution < 1.29 is 14.3 Å². The number of hydrogen-bond acceptors (Lipinski definition) is 5. The normalized spacial score (nSPS) is 15.7. The molecule has 3 aromatic carbocycles. The van der Waals surface area contributed by atoms with Crippen LogP contribution < -0.4 is 19.9 Å². The molecule has 0 atom stereocenters. The van der Waals surface area contributed by atoms with E-state index < -0.39 is 0 Å². The van der Waals surface area contributed by atoms with Gasteiger partial charge in [-0.15, -0.1) is 0 Å². The minimum atomic E-state index is -0.230. The number of methoxy groups -OCH3 is 1. The van der Waals surface area contributed by atoms with Gasteiger partial charge in [-0.3, -0.25) is 9.59 Å². The minimum absolute atomic E-state index is 0.0283. The zero-order valence-electron chi connectivity index (χ0n) is 21.8.